The van der Waals surface area contributed by atoms with Crippen LogP contribution >= 0.6 is 0 Å². The van der Waals surface area contributed by atoms with E-state index in [1.165, 1.54) is 14.2 Å². The fourth-order valence-electron chi connectivity index (χ4n) is 3.75. The van der Waals surface area contributed by atoms with Crippen LogP contribution in [0, 0.1) is 5.41 Å². The molecule has 0 heterocycles. The Kier molecular flexibility index (Phi) is 5.29. The highest BCUT2D eigenvalue weighted by molar-refractivity contribution is 5.88. The first-order valence-electron chi connectivity index (χ1n) is 8.05. The molecule has 3 saturated carbocycles. The van der Waals surface area contributed by atoms with E-state index in [4.69, 9.17) is 9.47 Å². The molecule has 2 amide bonds. The van der Waals surface area contributed by atoms with Crippen LogP contribution in [0.3, 0.4) is 0 Å². The molecule has 1 atom stereocenters. The van der Waals surface area contributed by atoms with Crippen LogP contribution < -0.4 is 10.6 Å². The average Bonchev–Trinajstić information content (AvgIpc) is 2.55. The highest BCUT2D eigenvalue weighted by Crippen LogP contribution is 2.52. The predicted octanol–water partition coefficient (Wildman–Crippen LogP) is 0.520. The lowest BCUT2D eigenvalue weighted by molar-refractivity contribution is -0.161. The van der Waals surface area contributed by atoms with E-state index < -0.39 is 6.04 Å². The van der Waals surface area contributed by atoms with Crippen molar-refractivity contribution in [2.45, 2.75) is 57.0 Å². The van der Waals surface area contributed by atoms with Gasteiger partial charge in [0.25, 0.3) is 0 Å². The Morgan fingerprint density at radius 1 is 1.04 bits per heavy atom. The molecule has 130 valence electrons. The standard InChI is InChI=1S/C16H26N2O5/c1-11(17-12(19)10-22-2)13(20)18-16-7-4-15(5-8-16,6-9-16)14(21)23-3/h11H,4-10H2,1-3H3,(H,17,19)(H,18,20). The van der Waals surface area contributed by atoms with Gasteiger partial charge in [0.05, 0.1) is 12.5 Å². The second-order valence-corrected chi connectivity index (χ2v) is 6.76. The van der Waals surface area contributed by atoms with Gasteiger partial charge in [-0.1, -0.05) is 0 Å². The molecule has 3 rings (SSSR count). The van der Waals surface area contributed by atoms with Gasteiger partial charge in [0.15, 0.2) is 0 Å². The largest absolute Gasteiger partial charge is 0.469 e. The van der Waals surface area contributed by atoms with Gasteiger partial charge in [0.1, 0.15) is 12.6 Å². The number of rotatable bonds is 6. The summed E-state index contributed by atoms with van der Waals surface area (Å²) in [4.78, 5) is 35.8. The third-order valence-corrected chi connectivity index (χ3v) is 5.30. The number of esters is 1. The Morgan fingerprint density at radius 2 is 1.61 bits per heavy atom. The van der Waals surface area contributed by atoms with Crippen LogP contribution in [0.5, 0.6) is 0 Å². The maximum absolute atomic E-state index is 12.3. The first-order valence-corrected chi connectivity index (χ1v) is 8.05. The Morgan fingerprint density at radius 3 is 2.09 bits per heavy atom. The van der Waals surface area contributed by atoms with Crippen molar-refractivity contribution in [1.82, 2.24) is 10.6 Å². The van der Waals surface area contributed by atoms with Crippen molar-refractivity contribution in [3.8, 4) is 0 Å². The van der Waals surface area contributed by atoms with Gasteiger partial charge in [-0.25, -0.2) is 0 Å². The van der Waals surface area contributed by atoms with E-state index in [1.807, 2.05) is 0 Å². The van der Waals surface area contributed by atoms with Gasteiger partial charge in [-0.2, -0.15) is 0 Å². The minimum Gasteiger partial charge on any atom is -0.469 e. The lowest BCUT2D eigenvalue weighted by Gasteiger charge is -2.52. The summed E-state index contributed by atoms with van der Waals surface area (Å²) in [5, 5.41) is 5.70. The monoisotopic (exact) mass is 326 g/mol. The lowest BCUT2D eigenvalue weighted by Crippen LogP contribution is -2.61. The summed E-state index contributed by atoms with van der Waals surface area (Å²) in [5.74, 6) is -0.635. The van der Waals surface area contributed by atoms with Crippen molar-refractivity contribution in [2.75, 3.05) is 20.8 Å². The first kappa shape index (κ1) is 17.7. The van der Waals surface area contributed by atoms with Crippen LogP contribution in [0.4, 0.5) is 0 Å². The van der Waals surface area contributed by atoms with Gasteiger partial charge in [-0.05, 0) is 45.4 Å². The van der Waals surface area contributed by atoms with Crippen molar-refractivity contribution in [3.63, 3.8) is 0 Å². The number of nitrogens with one attached hydrogen (secondary N) is 2. The number of fused-ring (bicyclic) bond motifs is 3. The normalized spacial score (nSPS) is 30.4. The number of methoxy groups -OCH3 is 2. The van der Waals surface area contributed by atoms with Crippen LogP contribution in [0.1, 0.15) is 45.4 Å². The van der Waals surface area contributed by atoms with Crippen LogP contribution in [-0.2, 0) is 23.9 Å². The van der Waals surface area contributed by atoms with E-state index in [1.54, 1.807) is 6.92 Å². The van der Waals surface area contributed by atoms with Crippen molar-refractivity contribution in [1.29, 1.82) is 0 Å². The van der Waals surface area contributed by atoms with E-state index in [2.05, 4.69) is 10.6 Å². The lowest BCUT2D eigenvalue weighted by atomic mass is 9.57. The van der Waals surface area contributed by atoms with E-state index in [0.29, 0.717) is 0 Å². The van der Waals surface area contributed by atoms with Gasteiger partial charge in [-0.15, -0.1) is 0 Å². The van der Waals surface area contributed by atoms with Crippen molar-refractivity contribution >= 4 is 17.8 Å². The molecule has 2 N–H and O–H groups in total. The molecular weight excluding hydrogens is 300 g/mol. The molecule has 0 saturated heterocycles. The zero-order valence-corrected chi connectivity index (χ0v) is 14.1. The van der Waals surface area contributed by atoms with Gasteiger partial charge in [-0.3, -0.25) is 14.4 Å². The van der Waals surface area contributed by atoms with Crippen LogP contribution in [-0.4, -0.2) is 50.2 Å². The first-order chi connectivity index (χ1) is 10.9. The smallest absolute Gasteiger partial charge is 0.311 e. The Labute approximate surface area is 136 Å². The Bertz CT molecular complexity index is 466. The fourth-order valence-corrected chi connectivity index (χ4v) is 3.75. The van der Waals surface area contributed by atoms with E-state index in [9.17, 15) is 14.4 Å². The maximum Gasteiger partial charge on any atom is 0.311 e. The van der Waals surface area contributed by atoms with Gasteiger partial charge < -0.3 is 20.1 Å². The van der Waals surface area contributed by atoms with Crippen LogP contribution in [0.15, 0.2) is 0 Å². The van der Waals surface area contributed by atoms with Gasteiger partial charge in [0, 0.05) is 12.6 Å². The van der Waals surface area contributed by atoms with E-state index in [0.717, 1.165) is 38.5 Å². The molecule has 0 spiro atoms. The summed E-state index contributed by atoms with van der Waals surface area (Å²) >= 11 is 0. The third kappa shape index (κ3) is 3.65. The quantitative estimate of drug-likeness (QED) is 0.694. The minimum absolute atomic E-state index is 0.0651. The third-order valence-electron chi connectivity index (χ3n) is 5.30. The molecule has 0 aromatic rings. The topological polar surface area (TPSA) is 93.7 Å². The summed E-state index contributed by atoms with van der Waals surface area (Å²) in [5.41, 5.74) is -0.618. The van der Waals surface area contributed by atoms with Gasteiger partial charge in [0.2, 0.25) is 11.8 Å². The molecule has 3 fully saturated rings. The SMILES string of the molecule is COCC(=O)NC(C)C(=O)NC12CCC(C(=O)OC)(CC1)CC2. The number of hydrogen-bond donors (Lipinski definition) is 2. The summed E-state index contributed by atoms with van der Waals surface area (Å²) in [6.07, 6.45) is 4.53. The summed E-state index contributed by atoms with van der Waals surface area (Å²) in [6.45, 7) is 1.59. The maximum atomic E-state index is 12.3. The predicted molar refractivity (Wildman–Crippen MR) is 82.5 cm³/mol. The summed E-state index contributed by atoms with van der Waals surface area (Å²) in [7, 11) is 2.86. The molecule has 1 unspecified atom stereocenters. The zero-order valence-electron chi connectivity index (χ0n) is 14.1. The highest BCUT2D eigenvalue weighted by atomic mass is 16.5. The molecule has 7 nitrogen and oxygen atoms in total. The summed E-state index contributed by atoms with van der Waals surface area (Å²) < 4.78 is 9.68. The molecule has 23 heavy (non-hydrogen) atoms. The molecule has 0 radical (unpaired) electrons. The molecule has 7 heteroatoms. The number of hydrogen-bond acceptors (Lipinski definition) is 5. The molecule has 0 aromatic heterocycles. The number of carbonyl (C=O) groups is 3. The van der Waals surface area contributed by atoms with E-state index >= 15 is 0 Å². The average molecular weight is 326 g/mol. The van der Waals surface area contributed by atoms with Crippen molar-refractivity contribution < 1.29 is 23.9 Å². The minimum atomic E-state index is -0.610. The second kappa shape index (κ2) is 6.86. The molecule has 3 aliphatic carbocycles. The van der Waals surface area contributed by atoms with Crippen LogP contribution in [0.25, 0.3) is 0 Å². The van der Waals surface area contributed by atoms with E-state index in [-0.39, 0.29) is 35.3 Å². The number of ether oxygens (including phenoxy) is 2. The summed E-state index contributed by atoms with van der Waals surface area (Å²) in [6, 6.07) is -0.610. The molecule has 3 aliphatic rings. The molecular formula is C16H26N2O5. The fraction of sp³-hybridized carbons (Fsp3) is 0.812. The Hall–Kier alpha value is -1.63. The van der Waals surface area contributed by atoms with Crippen molar-refractivity contribution in [3.05, 3.63) is 0 Å². The second-order valence-electron chi connectivity index (χ2n) is 6.76. The molecule has 0 aromatic carbocycles. The highest BCUT2D eigenvalue weighted by Gasteiger charge is 2.53. The van der Waals surface area contributed by atoms with Crippen molar-refractivity contribution in [2.24, 2.45) is 5.41 Å². The number of amides is 2. The number of carbonyl (C=O) groups excluding carboxylic acids is 3. The Balaban J connectivity index is 1.91. The van der Waals surface area contributed by atoms with Crippen LogP contribution in [0.2, 0.25) is 0 Å². The molecule has 2 bridgehead atoms. The van der Waals surface area contributed by atoms with Gasteiger partial charge >= 0.3 is 5.97 Å². The zero-order chi connectivity index (χ0) is 17.1. The molecule has 0 aliphatic heterocycles.